The number of carbonyl (C=O) groups is 4. The standard InChI is InChI=1S/C72H111NO12S/c1-4-6-8-10-12-14-16-18-20-22-24-26-28-30-41-49-65(74)78-57-63(83-66(75)50-42-31-29-27-25-23-21-19-17-15-13-11-9-7-5-2)58-81-71-70(80-55-61-45-37-33-38-46-61)69(79-54-60-43-35-32-36-44-60)68(64(84-71)53-59(3)86)85-67(76)51-52-73-72(77)82-56-62-47-39-34-40-48-62/h32-40,43-48,63-64,68-71H,4-31,41-42,49-58H2,1-3H3,(H,73,77)/t63?,64-,68-,69+,70-,71-/m1/s1. The fourth-order valence-corrected chi connectivity index (χ4v) is 11.0. The molecule has 1 aliphatic heterocycles. The van der Waals surface area contributed by atoms with E-state index in [1.54, 1.807) is 6.92 Å². The molecular formula is C72H111NO12S. The van der Waals surface area contributed by atoms with Crippen LogP contribution >= 0.6 is 12.2 Å². The Bertz CT molecular complexity index is 2180. The second-order valence-electron chi connectivity index (χ2n) is 23.7. The highest BCUT2D eigenvalue weighted by Crippen LogP contribution is 2.33. The zero-order valence-corrected chi connectivity index (χ0v) is 54.0. The summed E-state index contributed by atoms with van der Waals surface area (Å²) in [5.41, 5.74) is 2.57. The zero-order chi connectivity index (χ0) is 61.3. The smallest absolute Gasteiger partial charge is 0.407 e. The lowest BCUT2D eigenvalue weighted by Gasteiger charge is -2.45. The molecule has 14 heteroatoms. The van der Waals surface area contributed by atoms with Crippen LogP contribution in [0.1, 0.15) is 256 Å². The molecule has 0 bridgehead atoms. The maximum atomic E-state index is 13.8. The fourth-order valence-electron chi connectivity index (χ4n) is 10.9. The Balaban J connectivity index is 1.41. The molecule has 1 saturated heterocycles. The Morgan fingerprint density at radius 1 is 0.453 bits per heavy atom. The Morgan fingerprint density at radius 2 is 0.860 bits per heavy atom. The number of nitrogens with one attached hydrogen (secondary N) is 1. The molecule has 0 radical (unpaired) electrons. The molecule has 0 aromatic heterocycles. The fraction of sp³-hybridized carbons (Fsp3) is 0.681. The molecule has 3 aromatic carbocycles. The Morgan fingerprint density at radius 3 is 1.30 bits per heavy atom. The normalized spacial score (nSPS) is 16.9. The van der Waals surface area contributed by atoms with Crippen LogP contribution in [-0.2, 0) is 72.1 Å². The van der Waals surface area contributed by atoms with Gasteiger partial charge >= 0.3 is 24.0 Å². The van der Waals surface area contributed by atoms with Crippen LogP contribution in [0.3, 0.4) is 0 Å². The lowest BCUT2D eigenvalue weighted by atomic mass is 9.95. The molecule has 1 N–H and O–H groups in total. The highest BCUT2D eigenvalue weighted by atomic mass is 32.1. The SMILES string of the molecule is CCCCCCCCCCCCCCCCCC(=O)OCC(CO[C@@H]1O[C@H](CC(C)=S)[C@@H](OC(=O)CCNC(=O)OCc2ccccc2)[C@H](OCc2ccccc2)[C@H]1OCc1ccccc1)OC(=O)CCCCCCCCCCCCCCCCC. The van der Waals surface area contributed by atoms with Crippen LogP contribution in [-0.4, -0.2) is 85.4 Å². The van der Waals surface area contributed by atoms with Gasteiger partial charge in [-0.05, 0) is 41.3 Å². The molecule has 1 aliphatic rings. The highest BCUT2D eigenvalue weighted by Gasteiger charge is 2.50. The van der Waals surface area contributed by atoms with Gasteiger partial charge in [-0.1, -0.05) is 297 Å². The number of ether oxygens (including phenoxy) is 8. The number of esters is 3. The molecule has 86 heavy (non-hydrogen) atoms. The number of benzene rings is 3. The number of amides is 1. The summed E-state index contributed by atoms with van der Waals surface area (Å²) < 4.78 is 50.5. The molecule has 0 aliphatic carbocycles. The van der Waals surface area contributed by atoms with Gasteiger partial charge in [0.25, 0.3) is 0 Å². The minimum absolute atomic E-state index is 0.0459. The van der Waals surface area contributed by atoms with E-state index in [0.717, 1.165) is 61.6 Å². The summed E-state index contributed by atoms with van der Waals surface area (Å²) in [6, 6.07) is 28.6. The van der Waals surface area contributed by atoms with Gasteiger partial charge in [-0.2, -0.15) is 0 Å². The van der Waals surface area contributed by atoms with Crippen molar-refractivity contribution in [1.29, 1.82) is 0 Å². The molecule has 0 spiro atoms. The molecule has 4 rings (SSSR count). The van der Waals surface area contributed by atoms with E-state index in [0.29, 0.717) is 11.3 Å². The van der Waals surface area contributed by atoms with Crippen molar-refractivity contribution in [3.05, 3.63) is 108 Å². The van der Waals surface area contributed by atoms with Crippen LogP contribution in [0.5, 0.6) is 0 Å². The maximum Gasteiger partial charge on any atom is 0.407 e. The summed E-state index contributed by atoms with van der Waals surface area (Å²) >= 11 is 5.67. The van der Waals surface area contributed by atoms with E-state index >= 15 is 0 Å². The van der Waals surface area contributed by atoms with E-state index in [1.807, 2.05) is 91.0 Å². The first-order chi connectivity index (χ1) is 42.1. The summed E-state index contributed by atoms with van der Waals surface area (Å²) in [5, 5.41) is 2.64. The topological polar surface area (TPSA) is 154 Å². The summed E-state index contributed by atoms with van der Waals surface area (Å²) in [6.07, 6.45) is 30.7. The van der Waals surface area contributed by atoms with Gasteiger partial charge < -0.3 is 43.2 Å². The van der Waals surface area contributed by atoms with Gasteiger partial charge in [0, 0.05) is 25.8 Å². The average molecular weight is 1210 g/mol. The number of unbranched alkanes of at least 4 members (excludes halogenated alkanes) is 28. The molecule has 1 amide bonds. The number of rotatable bonds is 52. The highest BCUT2D eigenvalue weighted by molar-refractivity contribution is 7.80. The minimum Gasteiger partial charge on any atom is -0.462 e. The monoisotopic (exact) mass is 1210 g/mol. The van der Waals surface area contributed by atoms with Crippen molar-refractivity contribution < 1.29 is 57.1 Å². The average Bonchev–Trinajstić information content (AvgIpc) is 1.38. The first-order valence-electron chi connectivity index (χ1n) is 33.7. The predicted octanol–water partition coefficient (Wildman–Crippen LogP) is 17.9. The van der Waals surface area contributed by atoms with E-state index < -0.39 is 54.8 Å². The number of alkyl carbamates (subject to hydrolysis) is 1. The van der Waals surface area contributed by atoms with Crippen molar-refractivity contribution in [1.82, 2.24) is 5.32 Å². The van der Waals surface area contributed by atoms with E-state index in [4.69, 9.17) is 50.1 Å². The van der Waals surface area contributed by atoms with Crippen molar-refractivity contribution in [2.24, 2.45) is 0 Å². The quantitative estimate of drug-likeness (QED) is 0.0247. The van der Waals surface area contributed by atoms with E-state index in [9.17, 15) is 19.2 Å². The maximum absolute atomic E-state index is 13.8. The van der Waals surface area contributed by atoms with E-state index in [2.05, 4.69) is 19.2 Å². The molecule has 1 unspecified atom stereocenters. The van der Waals surface area contributed by atoms with Crippen molar-refractivity contribution in [3.8, 4) is 0 Å². The third kappa shape index (κ3) is 35.9. The van der Waals surface area contributed by atoms with Crippen molar-refractivity contribution in [3.63, 3.8) is 0 Å². The Labute approximate surface area is 524 Å². The number of thiocarbonyl (C=S) groups is 1. The molecule has 13 nitrogen and oxygen atoms in total. The van der Waals surface area contributed by atoms with Crippen molar-refractivity contribution in [2.75, 3.05) is 19.8 Å². The molecule has 6 atom stereocenters. The van der Waals surface area contributed by atoms with Gasteiger partial charge in [0.05, 0.1) is 26.2 Å². The van der Waals surface area contributed by atoms with Crippen LogP contribution in [0.25, 0.3) is 0 Å². The van der Waals surface area contributed by atoms with Gasteiger partial charge in [-0.3, -0.25) is 14.4 Å². The van der Waals surface area contributed by atoms with E-state index in [1.165, 1.54) is 141 Å². The minimum atomic E-state index is -1.15. The van der Waals surface area contributed by atoms with Crippen LogP contribution in [0.4, 0.5) is 4.79 Å². The predicted molar refractivity (Wildman–Crippen MR) is 347 cm³/mol. The van der Waals surface area contributed by atoms with Crippen LogP contribution < -0.4 is 5.32 Å². The first kappa shape index (κ1) is 73.7. The third-order valence-corrected chi connectivity index (χ3v) is 16.0. The summed E-state index contributed by atoms with van der Waals surface area (Å²) in [7, 11) is 0. The van der Waals surface area contributed by atoms with Crippen LogP contribution in [0.2, 0.25) is 0 Å². The largest absolute Gasteiger partial charge is 0.462 e. The van der Waals surface area contributed by atoms with Gasteiger partial charge in [0.2, 0.25) is 0 Å². The van der Waals surface area contributed by atoms with Crippen LogP contribution in [0, 0.1) is 0 Å². The summed E-state index contributed by atoms with van der Waals surface area (Å²) in [5.74, 6) is -1.36. The number of carbonyl (C=O) groups excluding carboxylic acids is 4. The number of hydrogen-bond acceptors (Lipinski definition) is 13. The third-order valence-electron chi connectivity index (χ3n) is 15.9. The molecular weight excluding hydrogens is 1100 g/mol. The van der Waals surface area contributed by atoms with Crippen molar-refractivity contribution >= 4 is 41.1 Å². The number of hydrogen-bond donors (Lipinski definition) is 1. The van der Waals surface area contributed by atoms with Crippen molar-refractivity contribution in [2.45, 2.75) is 296 Å². The molecule has 1 heterocycles. The summed E-state index contributed by atoms with van der Waals surface area (Å²) in [4.78, 5) is 54.0. The van der Waals surface area contributed by atoms with Gasteiger partial charge in [0.15, 0.2) is 18.5 Å². The lowest BCUT2D eigenvalue weighted by Crippen LogP contribution is -2.61. The second-order valence-corrected chi connectivity index (χ2v) is 24.4. The van der Waals surface area contributed by atoms with Crippen LogP contribution in [0.15, 0.2) is 91.0 Å². The van der Waals surface area contributed by atoms with E-state index in [-0.39, 0.29) is 71.2 Å². The molecule has 0 saturated carbocycles. The zero-order valence-electron chi connectivity index (χ0n) is 53.2. The summed E-state index contributed by atoms with van der Waals surface area (Å²) in [6.45, 7) is 6.21. The van der Waals surface area contributed by atoms with Gasteiger partial charge in [-0.15, -0.1) is 0 Å². The lowest BCUT2D eigenvalue weighted by molar-refractivity contribution is -0.319. The Hall–Kier alpha value is -4.73. The van der Waals surface area contributed by atoms with Gasteiger partial charge in [-0.25, -0.2) is 4.79 Å². The first-order valence-corrected chi connectivity index (χ1v) is 34.1. The molecule has 1 fully saturated rings. The molecule has 482 valence electrons. The molecule has 3 aromatic rings. The second kappa shape index (κ2) is 49.2. The Kier molecular flexibility index (Phi) is 42.2. The van der Waals surface area contributed by atoms with Gasteiger partial charge in [0.1, 0.15) is 31.5 Å².